The minimum Gasteiger partial charge on any atom is -0.388 e. The molecular formula is C7H7N5O. The van der Waals surface area contributed by atoms with E-state index in [1.165, 1.54) is 4.68 Å². The minimum atomic E-state index is -0.205. The predicted octanol–water partition coefficient (Wildman–Crippen LogP) is -0.450. The second-order valence-electron chi connectivity index (χ2n) is 2.35. The molecule has 0 bridgehead atoms. The average molecular weight is 177 g/mol. The fraction of sp³-hybridized carbons (Fsp3) is 0.143. The first kappa shape index (κ1) is 7.81. The molecule has 2 rings (SSSR count). The number of aromatic nitrogens is 5. The average Bonchev–Trinajstić information content (AvgIpc) is 2.67. The van der Waals surface area contributed by atoms with Gasteiger partial charge < -0.3 is 5.11 Å². The first-order valence-electron chi connectivity index (χ1n) is 3.71. The Morgan fingerprint density at radius 1 is 1.38 bits per heavy atom. The molecule has 13 heavy (non-hydrogen) atoms. The van der Waals surface area contributed by atoms with Gasteiger partial charge in [-0.3, -0.25) is 0 Å². The SMILES string of the molecule is OCc1nnnn1-c1ccccn1. The van der Waals surface area contributed by atoms with E-state index in [-0.39, 0.29) is 6.61 Å². The maximum atomic E-state index is 8.88. The Bertz CT molecular complexity index is 385. The van der Waals surface area contributed by atoms with Gasteiger partial charge in [0.2, 0.25) is 0 Å². The summed E-state index contributed by atoms with van der Waals surface area (Å²) in [6, 6.07) is 5.38. The van der Waals surface area contributed by atoms with Crippen molar-refractivity contribution in [1.29, 1.82) is 0 Å². The molecule has 0 amide bonds. The lowest BCUT2D eigenvalue weighted by atomic mass is 10.4. The highest BCUT2D eigenvalue weighted by molar-refractivity contribution is 5.20. The summed E-state index contributed by atoms with van der Waals surface area (Å²) < 4.78 is 1.39. The van der Waals surface area contributed by atoms with Crippen molar-refractivity contribution in [2.75, 3.05) is 0 Å². The van der Waals surface area contributed by atoms with E-state index < -0.39 is 0 Å². The van der Waals surface area contributed by atoms with Crippen molar-refractivity contribution in [3.05, 3.63) is 30.2 Å². The third kappa shape index (κ3) is 1.38. The molecule has 66 valence electrons. The first-order chi connectivity index (χ1) is 6.42. The van der Waals surface area contributed by atoms with Crippen LogP contribution < -0.4 is 0 Å². The number of rotatable bonds is 2. The van der Waals surface area contributed by atoms with Crippen molar-refractivity contribution in [3.63, 3.8) is 0 Å². The lowest BCUT2D eigenvalue weighted by molar-refractivity contribution is 0.267. The summed E-state index contributed by atoms with van der Waals surface area (Å²) in [7, 11) is 0. The topological polar surface area (TPSA) is 76.7 Å². The lowest BCUT2D eigenvalue weighted by Crippen LogP contribution is -2.04. The monoisotopic (exact) mass is 177 g/mol. The molecule has 6 nitrogen and oxygen atoms in total. The summed E-state index contributed by atoms with van der Waals surface area (Å²) in [5.74, 6) is 0.968. The van der Waals surface area contributed by atoms with E-state index in [2.05, 4.69) is 20.5 Å². The number of aliphatic hydroxyl groups is 1. The van der Waals surface area contributed by atoms with Crippen LogP contribution in [0.1, 0.15) is 5.82 Å². The normalized spacial score (nSPS) is 10.2. The number of hydrogen-bond acceptors (Lipinski definition) is 5. The zero-order valence-corrected chi connectivity index (χ0v) is 6.70. The number of tetrazole rings is 1. The zero-order valence-electron chi connectivity index (χ0n) is 6.70. The molecule has 0 radical (unpaired) electrons. The highest BCUT2D eigenvalue weighted by atomic mass is 16.3. The second kappa shape index (κ2) is 3.28. The molecule has 0 saturated carbocycles. The van der Waals surface area contributed by atoms with E-state index in [4.69, 9.17) is 5.11 Å². The van der Waals surface area contributed by atoms with Crippen LogP contribution in [-0.4, -0.2) is 30.3 Å². The van der Waals surface area contributed by atoms with Gasteiger partial charge in [-0.05, 0) is 22.6 Å². The van der Waals surface area contributed by atoms with Gasteiger partial charge in [-0.25, -0.2) is 4.98 Å². The van der Waals surface area contributed by atoms with Gasteiger partial charge in [0.05, 0.1) is 0 Å². The van der Waals surface area contributed by atoms with Crippen molar-refractivity contribution in [1.82, 2.24) is 25.2 Å². The lowest BCUT2D eigenvalue weighted by Gasteiger charge is -1.99. The first-order valence-corrected chi connectivity index (χ1v) is 3.71. The van der Waals surface area contributed by atoms with E-state index in [1.807, 2.05) is 6.07 Å². The van der Waals surface area contributed by atoms with Crippen LogP contribution in [0.25, 0.3) is 5.82 Å². The molecule has 0 aliphatic carbocycles. The summed E-state index contributed by atoms with van der Waals surface area (Å²) in [5.41, 5.74) is 0. The minimum absolute atomic E-state index is 0.205. The van der Waals surface area contributed by atoms with Crippen LogP contribution in [0.3, 0.4) is 0 Å². The summed E-state index contributed by atoms with van der Waals surface area (Å²) in [6.07, 6.45) is 1.64. The van der Waals surface area contributed by atoms with Gasteiger partial charge >= 0.3 is 0 Å². The Hall–Kier alpha value is -1.82. The van der Waals surface area contributed by atoms with Crippen molar-refractivity contribution >= 4 is 0 Å². The summed E-state index contributed by atoms with van der Waals surface area (Å²) in [4.78, 5) is 4.04. The van der Waals surface area contributed by atoms with Crippen LogP contribution in [-0.2, 0) is 6.61 Å². The molecular weight excluding hydrogens is 170 g/mol. The van der Waals surface area contributed by atoms with Crippen LogP contribution in [0.4, 0.5) is 0 Å². The highest BCUT2D eigenvalue weighted by Gasteiger charge is 2.06. The third-order valence-corrected chi connectivity index (χ3v) is 1.54. The van der Waals surface area contributed by atoms with Crippen molar-refractivity contribution < 1.29 is 5.11 Å². The molecule has 0 aliphatic heterocycles. The van der Waals surface area contributed by atoms with E-state index in [0.29, 0.717) is 11.6 Å². The van der Waals surface area contributed by atoms with E-state index in [0.717, 1.165) is 0 Å². The van der Waals surface area contributed by atoms with Gasteiger partial charge in [-0.1, -0.05) is 6.07 Å². The van der Waals surface area contributed by atoms with Gasteiger partial charge in [-0.15, -0.1) is 5.10 Å². The molecule has 2 heterocycles. The predicted molar refractivity (Wildman–Crippen MR) is 42.9 cm³/mol. The standard InChI is InChI=1S/C7H7N5O/c13-5-7-9-10-11-12(7)6-3-1-2-4-8-6/h1-4,13H,5H2. The number of hydrogen-bond donors (Lipinski definition) is 1. The summed E-state index contributed by atoms with van der Waals surface area (Å²) in [5, 5.41) is 19.6. The zero-order chi connectivity index (χ0) is 9.10. The van der Waals surface area contributed by atoms with Crippen LogP contribution in [0, 0.1) is 0 Å². The van der Waals surface area contributed by atoms with Crippen molar-refractivity contribution in [2.45, 2.75) is 6.61 Å². The fourth-order valence-electron chi connectivity index (χ4n) is 0.961. The molecule has 0 atom stereocenters. The molecule has 0 aliphatic rings. The summed E-state index contributed by atoms with van der Waals surface area (Å²) in [6.45, 7) is -0.205. The Kier molecular flexibility index (Phi) is 1.97. The molecule has 0 unspecified atom stereocenters. The number of pyridine rings is 1. The fourth-order valence-corrected chi connectivity index (χ4v) is 0.961. The highest BCUT2D eigenvalue weighted by Crippen LogP contribution is 2.02. The summed E-state index contributed by atoms with van der Waals surface area (Å²) >= 11 is 0. The molecule has 0 saturated heterocycles. The Morgan fingerprint density at radius 3 is 3.00 bits per heavy atom. The third-order valence-electron chi connectivity index (χ3n) is 1.54. The van der Waals surface area contributed by atoms with Gasteiger partial charge in [0.15, 0.2) is 11.6 Å². The Morgan fingerprint density at radius 2 is 2.31 bits per heavy atom. The van der Waals surface area contributed by atoms with Crippen LogP contribution in [0.5, 0.6) is 0 Å². The molecule has 0 aromatic carbocycles. The van der Waals surface area contributed by atoms with Crippen molar-refractivity contribution in [3.8, 4) is 5.82 Å². The number of aliphatic hydroxyl groups excluding tert-OH is 1. The number of nitrogens with zero attached hydrogens (tertiary/aromatic N) is 5. The molecule has 1 N–H and O–H groups in total. The van der Waals surface area contributed by atoms with Gasteiger partial charge in [0.25, 0.3) is 0 Å². The molecule has 6 heteroatoms. The quantitative estimate of drug-likeness (QED) is 0.672. The van der Waals surface area contributed by atoms with E-state index in [1.54, 1.807) is 18.3 Å². The molecule has 2 aromatic heterocycles. The Balaban J connectivity index is 2.47. The largest absolute Gasteiger partial charge is 0.388 e. The molecule has 0 spiro atoms. The second-order valence-corrected chi connectivity index (χ2v) is 2.35. The van der Waals surface area contributed by atoms with Crippen LogP contribution in [0.15, 0.2) is 24.4 Å². The van der Waals surface area contributed by atoms with Gasteiger partial charge in [0.1, 0.15) is 6.61 Å². The smallest absolute Gasteiger partial charge is 0.183 e. The Labute approximate surface area is 73.9 Å². The maximum Gasteiger partial charge on any atom is 0.183 e. The van der Waals surface area contributed by atoms with Crippen LogP contribution >= 0.6 is 0 Å². The van der Waals surface area contributed by atoms with Crippen molar-refractivity contribution in [2.24, 2.45) is 0 Å². The van der Waals surface area contributed by atoms with E-state index in [9.17, 15) is 0 Å². The van der Waals surface area contributed by atoms with E-state index >= 15 is 0 Å². The maximum absolute atomic E-state index is 8.88. The van der Waals surface area contributed by atoms with Gasteiger partial charge in [0, 0.05) is 6.20 Å². The molecule has 0 fully saturated rings. The van der Waals surface area contributed by atoms with Crippen LogP contribution in [0.2, 0.25) is 0 Å². The van der Waals surface area contributed by atoms with Gasteiger partial charge in [-0.2, -0.15) is 4.68 Å². The molecule has 2 aromatic rings.